The molecular formula is C26H28FN5O2. The topological polar surface area (TPSA) is 72.5 Å². The maximum atomic E-state index is 13.3. The zero-order chi connectivity index (χ0) is 23.7. The van der Waals surface area contributed by atoms with Gasteiger partial charge in [-0.25, -0.2) is 4.39 Å². The first-order valence-electron chi connectivity index (χ1n) is 11.7. The van der Waals surface area contributed by atoms with Gasteiger partial charge < -0.3 is 9.80 Å². The Labute approximate surface area is 198 Å². The number of hydrogen-bond acceptors (Lipinski definition) is 4. The highest BCUT2D eigenvalue weighted by atomic mass is 19.1. The molecule has 34 heavy (non-hydrogen) atoms. The van der Waals surface area contributed by atoms with Gasteiger partial charge >= 0.3 is 0 Å². The molecule has 176 valence electrons. The second kappa shape index (κ2) is 9.38. The van der Waals surface area contributed by atoms with Gasteiger partial charge in [-0.2, -0.15) is 5.10 Å². The number of hydrogen-bond donors (Lipinski definition) is 1. The first-order valence-corrected chi connectivity index (χ1v) is 11.7. The number of H-pyrrole nitrogens is 1. The lowest BCUT2D eigenvalue weighted by molar-refractivity contribution is 0.0615. The lowest BCUT2D eigenvalue weighted by atomic mass is 10.0. The van der Waals surface area contributed by atoms with Gasteiger partial charge in [-0.3, -0.25) is 19.6 Å². The van der Waals surface area contributed by atoms with Crippen molar-refractivity contribution in [1.29, 1.82) is 0 Å². The number of rotatable bonds is 4. The molecule has 0 aliphatic carbocycles. The predicted molar refractivity (Wildman–Crippen MR) is 126 cm³/mol. The molecule has 0 radical (unpaired) electrons. The number of benzene rings is 2. The number of piperazine rings is 1. The van der Waals surface area contributed by atoms with Crippen LogP contribution in [-0.2, 0) is 19.5 Å². The van der Waals surface area contributed by atoms with Crippen LogP contribution >= 0.6 is 0 Å². The van der Waals surface area contributed by atoms with Crippen LogP contribution in [0.3, 0.4) is 0 Å². The molecule has 0 unspecified atom stereocenters. The van der Waals surface area contributed by atoms with Crippen molar-refractivity contribution >= 4 is 11.8 Å². The summed E-state index contributed by atoms with van der Waals surface area (Å²) in [7, 11) is 0. The van der Waals surface area contributed by atoms with Crippen molar-refractivity contribution in [3.05, 3.63) is 88.0 Å². The summed E-state index contributed by atoms with van der Waals surface area (Å²) in [6.07, 6.45) is 0.604. The van der Waals surface area contributed by atoms with Crippen LogP contribution in [0.2, 0.25) is 0 Å². The molecule has 8 heteroatoms. The van der Waals surface area contributed by atoms with E-state index < -0.39 is 0 Å². The summed E-state index contributed by atoms with van der Waals surface area (Å²) in [6, 6.07) is 14.1. The van der Waals surface area contributed by atoms with E-state index in [-0.39, 0.29) is 17.6 Å². The van der Waals surface area contributed by atoms with Gasteiger partial charge in [0, 0.05) is 62.5 Å². The van der Waals surface area contributed by atoms with E-state index in [0.717, 1.165) is 30.9 Å². The maximum absolute atomic E-state index is 13.3. The van der Waals surface area contributed by atoms with Crippen LogP contribution in [0.25, 0.3) is 0 Å². The number of fused-ring (bicyclic) bond motifs is 1. The van der Waals surface area contributed by atoms with Gasteiger partial charge in [-0.05, 0) is 36.8 Å². The summed E-state index contributed by atoms with van der Waals surface area (Å²) in [5, 5.41) is 7.33. The molecule has 1 saturated heterocycles. The van der Waals surface area contributed by atoms with E-state index in [9.17, 15) is 14.0 Å². The van der Waals surface area contributed by atoms with E-state index in [2.05, 4.69) is 46.3 Å². The molecule has 2 aliphatic rings. The Kier molecular flexibility index (Phi) is 6.15. The number of carbonyl (C=O) groups excluding carboxylic acids is 2. The molecule has 0 saturated carbocycles. The normalized spacial score (nSPS) is 16.4. The number of amides is 2. The van der Waals surface area contributed by atoms with Crippen LogP contribution in [0, 0.1) is 12.7 Å². The lowest BCUT2D eigenvalue weighted by Crippen LogP contribution is -2.48. The molecule has 1 aromatic heterocycles. The van der Waals surface area contributed by atoms with Gasteiger partial charge in [0.05, 0.1) is 6.54 Å². The standard InChI is InChI=1S/C26H28FN5O2/c1-18-2-4-19(5-3-18)16-30-12-14-31(15-13-30)26(34)24-22-17-32(11-10-23(22)28-29-24)25(33)20-6-8-21(27)9-7-20/h2-9H,10-17H2,1H3,(H,28,29). The van der Waals surface area contributed by atoms with Crippen LogP contribution in [0.1, 0.15) is 43.2 Å². The summed E-state index contributed by atoms with van der Waals surface area (Å²) in [6.45, 7) is 6.70. The molecule has 0 atom stereocenters. The Balaban J connectivity index is 1.22. The third-order valence-corrected chi connectivity index (χ3v) is 6.70. The van der Waals surface area contributed by atoms with Crippen LogP contribution in [0.15, 0.2) is 48.5 Å². The highest BCUT2D eigenvalue weighted by molar-refractivity contribution is 5.96. The van der Waals surface area contributed by atoms with Gasteiger partial charge in [-0.1, -0.05) is 29.8 Å². The van der Waals surface area contributed by atoms with Crippen molar-refractivity contribution < 1.29 is 14.0 Å². The van der Waals surface area contributed by atoms with E-state index >= 15 is 0 Å². The molecule has 1 fully saturated rings. The van der Waals surface area contributed by atoms with Gasteiger partial charge in [0.1, 0.15) is 5.82 Å². The summed E-state index contributed by atoms with van der Waals surface area (Å²) in [5.41, 5.74) is 5.06. The van der Waals surface area contributed by atoms with E-state index in [1.807, 2.05) is 4.90 Å². The zero-order valence-electron chi connectivity index (χ0n) is 19.3. The number of nitrogens with one attached hydrogen (secondary N) is 1. The molecule has 2 aromatic carbocycles. The Bertz CT molecular complexity index is 1180. The molecule has 1 N–H and O–H groups in total. The minimum absolute atomic E-state index is 0.0939. The third-order valence-electron chi connectivity index (χ3n) is 6.70. The van der Waals surface area contributed by atoms with E-state index in [0.29, 0.717) is 43.9 Å². The summed E-state index contributed by atoms with van der Waals surface area (Å²) in [5.74, 6) is -0.641. The largest absolute Gasteiger partial charge is 0.335 e. The molecule has 5 rings (SSSR count). The van der Waals surface area contributed by atoms with Crippen molar-refractivity contribution in [2.24, 2.45) is 0 Å². The van der Waals surface area contributed by atoms with E-state index in [1.165, 1.54) is 35.4 Å². The fourth-order valence-electron chi connectivity index (χ4n) is 4.63. The van der Waals surface area contributed by atoms with Gasteiger partial charge in [0.15, 0.2) is 5.69 Å². The van der Waals surface area contributed by atoms with Gasteiger partial charge in [0.2, 0.25) is 0 Å². The minimum atomic E-state index is -0.376. The lowest BCUT2D eigenvalue weighted by Gasteiger charge is -2.35. The second-order valence-corrected chi connectivity index (χ2v) is 9.07. The molecule has 0 bridgehead atoms. The van der Waals surface area contributed by atoms with Gasteiger partial charge in [-0.15, -0.1) is 0 Å². The number of aromatic nitrogens is 2. The van der Waals surface area contributed by atoms with E-state index in [1.54, 1.807) is 4.90 Å². The smallest absolute Gasteiger partial charge is 0.274 e. The first-order chi connectivity index (χ1) is 16.5. The zero-order valence-corrected chi connectivity index (χ0v) is 19.3. The average Bonchev–Trinajstić information content (AvgIpc) is 3.29. The molecule has 2 amide bonds. The Morgan fingerprint density at radius 3 is 2.32 bits per heavy atom. The Morgan fingerprint density at radius 2 is 1.62 bits per heavy atom. The number of halogens is 1. The summed E-state index contributed by atoms with van der Waals surface area (Å²) < 4.78 is 13.2. The van der Waals surface area contributed by atoms with Crippen LogP contribution in [-0.4, -0.2) is 69.4 Å². The first kappa shape index (κ1) is 22.3. The fraction of sp³-hybridized carbons (Fsp3) is 0.346. The second-order valence-electron chi connectivity index (χ2n) is 9.07. The van der Waals surface area contributed by atoms with Crippen molar-refractivity contribution in [1.82, 2.24) is 24.9 Å². The molecule has 3 heterocycles. The number of nitrogens with zero attached hydrogens (tertiary/aromatic N) is 4. The summed E-state index contributed by atoms with van der Waals surface area (Å²) in [4.78, 5) is 32.1. The molecule has 3 aromatic rings. The maximum Gasteiger partial charge on any atom is 0.274 e. The van der Waals surface area contributed by atoms with Crippen molar-refractivity contribution in [3.8, 4) is 0 Å². The number of aryl methyl sites for hydroxylation is 1. The molecule has 7 nitrogen and oxygen atoms in total. The van der Waals surface area contributed by atoms with Crippen molar-refractivity contribution in [2.75, 3.05) is 32.7 Å². The molecular weight excluding hydrogens is 433 g/mol. The van der Waals surface area contributed by atoms with Crippen LogP contribution in [0.4, 0.5) is 4.39 Å². The third kappa shape index (κ3) is 4.59. The SMILES string of the molecule is Cc1ccc(CN2CCN(C(=O)c3n[nH]c4c3CN(C(=O)c3ccc(F)cc3)CC4)CC2)cc1. The van der Waals surface area contributed by atoms with Gasteiger partial charge in [0.25, 0.3) is 11.8 Å². The molecule has 2 aliphatic heterocycles. The summed E-state index contributed by atoms with van der Waals surface area (Å²) >= 11 is 0. The Morgan fingerprint density at radius 1 is 0.912 bits per heavy atom. The molecule has 0 spiro atoms. The average molecular weight is 462 g/mol. The minimum Gasteiger partial charge on any atom is -0.335 e. The quantitative estimate of drug-likeness (QED) is 0.648. The predicted octanol–water partition coefficient (Wildman–Crippen LogP) is 3.01. The number of carbonyl (C=O) groups is 2. The van der Waals surface area contributed by atoms with Crippen molar-refractivity contribution in [3.63, 3.8) is 0 Å². The van der Waals surface area contributed by atoms with E-state index in [4.69, 9.17) is 0 Å². The highest BCUT2D eigenvalue weighted by Gasteiger charge is 2.31. The number of aromatic amines is 1. The highest BCUT2D eigenvalue weighted by Crippen LogP contribution is 2.24. The Hall–Kier alpha value is -3.52. The van der Waals surface area contributed by atoms with Crippen molar-refractivity contribution in [2.45, 2.75) is 26.4 Å². The van der Waals surface area contributed by atoms with Crippen LogP contribution < -0.4 is 0 Å². The monoisotopic (exact) mass is 461 g/mol. The van der Waals surface area contributed by atoms with Crippen LogP contribution in [0.5, 0.6) is 0 Å². The fourth-order valence-corrected chi connectivity index (χ4v) is 4.63.